The van der Waals surface area contributed by atoms with Gasteiger partial charge in [-0.1, -0.05) is 0 Å². The Labute approximate surface area is 123 Å². The first-order valence-electron chi connectivity index (χ1n) is 6.39. The van der Waals surface area contributed by atoms with Crippen molar-refractivity contribution in [3.05, 3.63) is 22.7 Å². The molecule has 1 saturated carbocycles. The Kier molecular flexibility index (Phi) is 4.23. The van der Waals surface area contributed by atoms with Gasteiger partial charge >= 0.3 is 0 Å². The van der Waals surface area contributed by atoms with Crippen molar-refractivity contribution in [1.29, 1.82) is 0 Å². The maximum absolute atomic E-state index is 12.7. The van der Waals surface area contributed by atoms with Gasteiger partial charge in [0.05, 0.1) is 4.90 Å². The van der Waals surface area contributed by atoms with Crippen LogP contribution in [0.25, 0.3) is 0 Å². The second-order valence-electron chi connectivity index (χ2n) is 5.30. The molecule has 6 heteroatoms. The van der Waals surface area contributed by atoms with Crippen LogP contribution in [-0.2, 0) is 10.0 Å². The minimum absolute atomic E-state index is 0.0462. The molecule has 19 heavy (non-hydrogen) atoms. The molecule has 1 fully saturated rings. The van der Waals surface area contributed by atoms with Crippen LogP contribution in [0.5, 0.6) is 0 Å². The second kappa shape index (κ2) is 5.42. The Hall–Kier alpha value is -0.590. The molecule has 0 aromatic heterocycles. The fourth-order valence-corrected chi connectivity index (χ4v) is 4.76. The number of hydrogen-bond acceptors (Lipinski definition) is 3. The molecule has 4 nitrogen and oxygen atoms in total. The molecule has 1 aliphatic rings. The van der Waals surface area contributed by atoms with Crippen LogP contribution >= 0.6 is 15.9 Å². The predicted molar refractivity (Wildman–Crippen MR) is 80.3 cm³/mol. The topological polar surface area (TPSA) is 63.4 Å². The number of nitrogens with two attached hydrogens (primary N) is 1. The molecule has 0 heterocycles. The van der Waals surface area contributed by atoms with E-state index in [0.29, 0.717) is 22.6 Å². The van der Waals surface area contributed by atoms with Crippen LogP contribution < -0.4 is 5.73 Å². The van der Waals surface area contributed by atoms with Crippen LogP contribution in [0.15, 0.2) is 27.6 Å². The molecule has 1 aromatic rings. The first-order valence-corrected chi connectivity index (χ1v) is 8.62. The van der Waals surface area contributed by atoms with Gasteiger partial charge in [0.1, 0.15) is 0 Å². The third-order valence-electron chi connectivity index (χ3n) is 3.25. The number of sulfonamides is 1. The second-order valence-corrected chi connectivity index (χ2v) is 8.02. The molecular weight excluding hydrogens is 328 g/mol. The SMILES string of the molecule is CC(C)N(CC1CC1)S(=O)(=O)c1ccc(N)cc1Br. The highest BCUT2D eigenvalue weighted by molar-refractivity contribution is 9.10. The van der Waals surface area contributed by atoms with E-state index in [1.165, 1.54) is 0 Å². The number of benzene rings is 1. The van der Waals surface area contributed by atoms with Crippen LogP contribution in [0.1, 0.15) is 26.7 Å². The molecule has 2 N–H and O–H groups in total. The molecule has 106 valence electrons. The standard InChI is InChI=1S/C13H19BrN2O2S/c1-9(2)16(8-10-3-4-10)19(17,18)13-6-5-11(15)7-12(13)14/h5-7,9-10H,3-4,8,15H2,1-2H3. The highest BCUT2D eigenvalue weighted by atomic mass is 79.9. The summed E-state index contributed by atoms with van der Waals surface area (Å²) in [4.78, 5) is 0.288. The van der Waals surface area contributed by atoms with Crippen molar-refractivity contribution in [2.24, 2.45) is 5.92 Å². The van der Waals surface area contributed by atoms with Gasteiger partial charge in [0.15, 0.2) is 0 Å². The maximum atomic E-state index is 12.7. The van der Waals surface area contributed by atoms with Crippen molar-refractivity contribution in [2.45, 2.75) is 37.6 Å². The van der Waals surface area contributed by atoms with Crippen LogP contribution in [0.3, 0.4) is 0 Å². The van der Waals surface area contributed by atoms with Gasteiger partial charge in [-0.3, -0.25) is 0 Å². The van der Waals surface area contributed by atoms with E-state index >= 15 is 0 Å². The summed E-state index contributed by atoms with van der Waals surface area (Å²) >= 11 is 3.30. The lowest BCUT2D eigenvalue weighted by molar-refractivity contribution is 0.341. The fourth-order valence-electron chi connectivity index (χ4n) is 1.99. The summed E-state index contributed by atoms with van der Waals surface area (Å²) in [5.41, 5.74) is 6.20. The lowest BCUT2D eigenvalue weighted by Crippen LogP contribution is -2.38. The van der Waals surface area contributed by atoms with Crippen molar-refractivity contribution < 1.29 is 8.42 Å². The Bertz CT molecular complexity index is 568. The van der Waals surface area contributed by atoms with Gasteiger partial charge in [-0.15, -0.1) is 0 Å². The number of nitrogens with zero attached hydrogens (tertiary/aromatic N) is 1. The molecule has 0 atom stereocenters. The summed E-state index contributed by atoms with van der Waals surface area (Å²) in [7, 11) is -3.47. The van der Waals surface area contributed by atoms with Gasteiger partial charge in [0, 0.05) is 22.7 Å². The van der Waals surface area contributed by atoms with Crippen LogP contribution in [-0.4, -0.2) is 25.3 Å². The van der Waals surface area contributed by atoms with Crippen LogP contribution in [0.4, 0.5) is 5.69 Å². The maximum Gasteiger partial charge on any atom is 0.244 e. The minimum atomic E-state index is -3.47. The minimum Gasteiger partial charge on any atom is -0.399 e. The summed E-state index contributed by atoms with van der Waals surface area (Å²) in [5, 5.41) is 0. The lowest BCUT2D eigenvalue weighted by atomic mass is 10.3. The van der Waals surface area contributed by atoms with Crippen molar-refractivity contribution in [1.82, 2.24) is 4.31 Å². The van der Waals surface area contributed by atoms with E-state index in [4.69, 9.17) is 5.73 Å². The Balaban J connectivity index is 2.37. The third-order valence-corrected chi connectivity index (χ3v) is 6.27. The normalized spacial score (nSPS) is 16.3. The van der Waals surface area contributed by atoms with E-state index < -0.39 is 10.0 Å². The molecule has 1 aromatic carbocycles. The van der Waals surface area contributed by atoms with E-state index in [-0.39, 0.29) is 10.9 Å². The van der Waals surface area contributed by atoms with E-state index in [2.05, 4.69) is 15.9 Å². The molecular formula is C13H19BrN2O2S. The van der Waals surface area contributed by atoms with Gasteiger partial charge in [-0.05, 0) is 66.7 Å². The van der Waals surface area contributed by atoms with Crippen molar-refractivity contribution in [3.8, 4) is 0 Å². The first kappa shape index (κ1) is 14.8. The molecule has 0 unspecified atom stereocenters. The van der Waals surface area contributed by atoms with Crippen LogP contribution in [0.2, 0.25) is 0 Å². The average Bonchev–Trinajstić information content (AvgIpc) is 3.08. The largest absolute Gasteiger partial charge is 0.399 e. The summed E-state index contributed by atoms with van der Waals surface area (Å²) in [6, 6.07) is 4.77. The fraction of sp³-hybridized carbons (Fsp3) is 0.538. The summed E-state index contributed by atoms with van der Waals surface area (Å²) in [5.74, 6) is 0.518. The molecule has 0 amide bonds. The number of halogens is 1. The summed E-state index contributed by atoms with van der Waals surface area (Å²) in [6.07, 6.45) is 2.25. The highest BCUT2D eigenvalue weighted by Gasteiger charge is 2.34. The quantitative estimate of drug-likeness (QED) is 0.833. The number of hydrogen-bond donors (Lipinski definition) is 1. The van der Waals surface area contributed by atoms with Crippen molar-refractivity contribution in [2.75, 3.05) is 12.3 Å². The monoisotopic (exact) mass is 346 g/mol. The highest BCUT2D eigenvalue weighted by Crippen LogP contribution is 2.34. The smallest absolute Gasteiger partial charge is 0.244 e. The Morgan fingerprint density at radius 1 is 1.42 bits per heavy atom. The number of rotatable bonds is 5. The molecule has 0 saturated heterocycles. The molecule has 0 aliphatic heterocycles. The number of nitrogen functional groups attached to an aromatic ring is 1. The van der Waals surface area contributed by atoms with Gasteiger partial charge in [-0.2, -0.15) is 4.31 Å². The first-order chi connectivity index (χ1) is 8.82. The van der Waals surface area contributed by atoms with E-state index in [0.717, 1.165) is 12.8 Å². The zero-order chi connectivity index (χ0) is 14.2. The molecule has 1 aliphatic carbocycles. The third kappa shape index (κ3) is 3.30. The van der Waals surface area contributed by atoms with Crippen molar-refractivity contribution >= 4 is 31.6 Å². The predicted octanol–water partition coefficient (Wildman–Crippen LogP) is 2.84. The Morgan fingerprint density at radius 2 is 2.05 bits per heavy atom. The average molecular weight is 347 g/mol. The van der Waals surface area contributed by atoms with E-state index in [1.54, 1.807) is 22.5 Å². The summed E-state index contributed by atoms with van der Waals surface area (Å²) < 4.78 is 27.6. The Morgan fingerprint density at radius 3 is 2.53 bits per heavy atom. The van der Waals surface area contributed by atoms with Gasteiger partial charge in [0.2, 0.25) is 10.0 Å². The molecule has 0 spiro atoms. The van der Waals surface area contributed by atoms with Gasteiger partial charge in [-0.25, -0.2) is 8.42 Å². The zero-order valence-electron chi connectivity index (χ0n) is 11.1. The van der Waals surface area contributed by atoms with Crippen LogP contribution in [0, 0.1) is 5.92 Å². The zero-order valence-corrected chi connectivity index (χ0v) is 13.5. The van der Waals surface area contributed by atoms with Crippen molar-refractivity contribution in [3.63, 3.8) is 0 Å². The van der Waals surface area contributed by atoms with Gasteiger partial charge in [0.25, 0.3) is 0 Å². The molecule has 2 rings (SSSR count). The van der Waals surface area contributed by atoms with E-state index in [1.807, 2.05) is 13.8 Å². The lowest BCUT2D eigenvalue weighted by Gasteiger charge is -2.26. The summed E-state index contributed by atoms with van der Waals surface area (Å²) in [6.45, 7) is 4.42. The molecule has 0 bridgehead atoms. The van der Waals surface area contributed by atoms with Gasteiger partial charge < -0.3 is 5.73 Å². The number of anilines is 1. The molecule has 0 radical (unpaired) electrons. The van der Waals surface area contributed by atoms with E-state index in [9.17, 15) is 8.42 Å².